The summed E-state index contributed by atoms with van der Waals surface area (Å²) in [4.78, 5) is 43.6. The highest BCUT2D eigenvalue weighted by molar-refractivity contribution is 6.02. The number of rotatable bonds is 7. The minimum absolute atomic E-state index is 0.0997. The number of carbonyl (C=O) groups is 3. The highest BCUT2D eigenvalue weighted by Gasteiger charge is 2.72. The lowest BCUT2D eigenvalue weighted by Gasteiger charge is -2.36. The summed E-state index contributed by atoms with van der Waals surface area (Å²) in [5.41, 5.74) is 1.99. The molecule has 2 aliphatic carbocycles. The normalized spacial score (nSPS) is 35.1. The summed E-state index contributed by atoms with van der Waals surface area (Å²) in [5.74, 6) is -1.50. The molecule has 3 fully saturated rings. The van der Waals surface area contributed by atoms with E-state index in [4.69, 9.17) is 4.74 Å². The second kappa shape index (κ2) is 10.6. The van der Waals surface area contributed by atoms with Crippen LogP contribution in [-0.2, 0) is 19.1 Å². The average molecular weight is 532 g/mol. The van der Waals surface area contributed by atoms with Gasteiger partial charge in [0.15, 0.2) is 0 Å². The Labute approximate surface area is 231 Å². The number of hydrogen-bond acceptors (Lipinski definition) is 4. The third-order valence-electron chi connectivity index (χ3n) is 9.71. The number of carbonyl (C=O) groups excluding carboxylic acids is 3. The Morgan fingerprint density at radius 1 is 1.13 bits per heavy atom. The van der Waals surface area contributed by atoms with E-state index in [0.717, 1.165) is 44.1 Å². The molecule has 3 aliphatic heterocycles. The Morgan fingerprint density at radius 3 is 2.74 bits per heavy atom. The molecule has 2 bridgehead atoms. The SMILES string of the molecule is Cc1cccc(NC(=O)C2C3C=CC4(O3)C2C(=O)N(CCC2=CCCCC2)C4C(=O)NC2CCCCC2C)c1. The zero-order chi connectivity index (χ0) is 27.1. The minimum Gasteiger partial charge on any atom is -0.359 e. The Kier molecular flexibility index (Phi) is 7.13. The Hall–Kier alpha value is -2.93. The molecular weight excluding hydrogens is 490 g/mol. The van der Waals surface area contributed by atoms with E-state index in [9.17, 15) is 14.4 Å². The average Bonchev–Trinajstić information content (AvgIpc) is 3.56. The van der Waals surface area contributed by atoms with Crippen molar-refractivity contribution in [3.63, 3.8) is 0 Å². The van der Waals surface area contributed by atoms with Gasteiger partial charge in [-0.2, -0.15) is 0 Å². The Balaban J connectivity index is 1.29. The van der Waals surface area contributed by atoms with E-state index in [1.165, 1.54) is 24.8 Å². The van der Waals surface area contributed by atoms with Crippen LogP contribution in [0.5, 0.6) is 0 Å². The van der Waals surface area contributed by atoms with Crippen molar-refractivity contribution in [3.05, 3.63) is 53.6 Å². The lowest BCUT2D eigenvalue weighted by atomic mass is 9.74. The first-order valence-corrected chi connectivity index (χ1v) is 14.9. The number of aryl methyl sites for hydroxylation is 1. The maximum absolute atomic E-state index is 14.2. The van der Waals surface area contributed by atoms with Crippen LogP contribution in [0.4, 0.5) is 5.69 Å². The summed E-state index contributed by atoms with van der Waals surface area (Å²) in [7, 11) is 0. The third kappa shape index (κ3) is 4.73. The standard InChI is InChI=1S/C32H41N3O4/c1-20-9-8-13-23(19-20)33-29(36)26-25-15-17-32(39-25)27(26)31(38)35(18-16-22-11-4-3-5-12-22)28(32)30(37)34-24-14-7-6-10-21(24)2/h8-9,11,13,15,17,19,21,24-28H,3-7,10,12,14,16,18H2,1-2H3,(H,33,36)(H,34,37). The lowest BCUT2D eigenvalue weighted by molar-refractivity contribution is -0.141. The van der Waals surface area contributed by atoms with Crippen molar-refractivity contribution < 1.29 is 19.1 Å². The van der Waals surface area contributed by atoms with E-state index < -0.39 is 29.6 Å². The van der Waals surface area contributed by atoms with Gasteiger partial charge >= 0.3 is 0 Å². The molecule has 3 amide bonds. The van der Waals surface area contributed by atoms with E-state index in [-0.39, 0.29) is 23.8 Å². The molecule has 39 heavy (non-hydrogen) atoms. The number of likely N-dealkylation sites (tertiary alicyclic amines) is 1. The fraction of sp³-hybridized carbons (Fsp3) is 0.594. The van der Waals surface area contributed by atoms with E-state index in [2.05, 4.69) is 23.6 Å². The topological polar surface area (TPSA) is 87.7 Å². The van der Waals surface area contributed by atoms with Gasteiger partial charge in [-0.05, 0) is 75.5 Å². The number of nitrogens with one attached hydrogen (secondary N) is 2. The molecule has 5 aliphatic rings. The lowest BCUT2D eigenvalue weighted by Crippen LogP contribution is -2.57. The summed E-state index contributed by atoms with van der Waals surface area (Å²) in [6.45, 7) is 4.64. The van der Waals surface area contributed by atoms with Gasteiger partial charge in [0.05, 0.1) is 17.9 Å². The molecule has 1 aromatic carbocycles. The molecule has 2 saturated heterocycles. The van der Waals surface area contributed by atoms with Crippen molar-refractivity contribution in [1.82, 2.24) is 10.2 Å². The highest BCUT2D eigenvalue weighted by Crippen LogP contribution is 2.55. The highest BCUT2D eigenvalue weighted by atomic mass is 16.5. The van der Waals surface area contributed by atoms with Gasteiger partial charge in [-0.1, -0.05) is 55.7 Å². The van der Waals surface area contributed by atoms with Crippen LogP contribution in [0.3, 0.4) is 0 Å². The van der Waals surface area contributed by atoms with E-state index in [0.29, 0.717) is 18.2 Å². The first-order chi connectivity index (χ1) is 18.9. The molecule has 0 aromatic heterocycles. The van der Waals surface area contributed by atoms with Crippen molar-refractivity contribution in [2.45, 2.75) is 95.4 Å². The van der Waals surface area contributed by atoms with Crippen molar-refractivity contribution in [1.29, 1.82) is 0 Å². The van der Waals surface area contributed by atoms with E-state index in [1.807, 2.05) is 43.3 Å². The second-order valence-electron chi connectivity index (χ2n) is 12.3. The number of fused-ring (bicyclic) bond motifs is 1. The van der Waals surface area contributed by atoms with Gasteiger partial charge in [-0.15, -0.1) is 0 Å². The van der Waals surface area contributed by atoms with Crippen LogP contribution in [0, 0.1) is 24.7 Å². The van der Waals surface area contributed by atoms with Gasteiger partial charge in [-0.25, -0.2) is 0 Å². The van der Waals surface area contributed by atoms with Gasteiger partial charge in [0.25, 0.3) is 0 Å². The fourth-order valence-electron chi connectivity index (χ4n) is 7.64. The Bertz CT molecular complexity index is 1210. The van der Waals surface area contributed by atoms with E-state index in [1.54, 1.807) is 4.90 Å². The van der Waals surface area contributed by atoms with Gasteiger partial charge in [0.1, 0.15) is 11.6 Å². The predicted molar refractivity (Wildman–Crippen MR) is 150 cm³/mol. The summed E-state index contributed by atoms with van der Waals surface area (Å²) >= 11 is 0. The molecule has 3 heterocycles. The smallest absolute Gasteiger partial charge is 0.246 e. The summed E-state index contributed by atoms with van der Waals surface area (Å²) in [6.07, 6.45) is 15.2. The summed E-state index contributed by atoms with van der Waals surface area (Å²) in [5, 5.41) is 6.34. The second-order valence-corrected chi connectivity index (χ2v) is 12.3. The number of amides is 3. The predicted octanol–water partition coefficient (Wildman–Crippen LogP) is 4.67. The Morgan fingerprint density at radius 2 is 1.97 bits per heavy atom. The number of hydrogen-bond donors (Lipinski definition) is 2. The van der Waals surface area contributed by atoms with Crippen LogP contribution < -0.4 is 10.6 Å². The van der Waals surface area contributed by atoms with Crippen LogP contribution in [0.25, 0.3) is 0 Å². The molecule has 6 rings (SSSR count). The largest absolute Gasteiger partial charge is 0.359 e. The van der Waals surface area contributed by atoms with Gasteiger partial charge in [0.2, 0.25) is 17.7 Å². The van der Waals surface area contributed by atoms with Crippen LogP contribution in [0.1, 0.15) is 70.3 Å². The van der Waals surface area contributed by atoms with Gasteiger partial charge < -0.3 is 20.3 Å². The maximum Gasteiger partial charge on any atom is 0.246 e. The van der Waals surface area contributed by atoms with Crippen molar-refractivity contribution in [3.8, 4) is 0 Å². The van der Waals surface area contributed by atoms with Crippen molar-refractivity contribution in [2.75, 3.05) is 11.9 Å². The summed E-state index contributed by atoms with van der Waals surface area (Å²) in [6, 6.07) is 6.98. The van der Waals surface area contributed by atoms with Crippen LogP contribution in [-0.4, -0.2) is 53.0 Å². The van der Waals surface area contributed by atoms with Crippen LogP contribution >= 0.6 is 0 Å². The number of benzene rings is 1. The number of nitrogens with zero attached hydrogens (tertiary/aromatic N) is 1. The van der Waals surface area contributed by atoms with Crippen LogP contribution in [0.15, 0.2) is 48.1 Å². The van der Waals surface area contributed by atoms with Gasteiger partial charge in [0, 0.05) is 18.3 Å². The molecule has 7 heteroatoms. The molecule has 7 atom stereocenters. The molecule has 1 aromatic rings. The van der Waals surface area contributed by atoms with Crippen molar-refractivity contribution in [2.24, 2.45) is 17.8 Å². The molecule has 0 radical (unpaired) electrons. The summed E-state index contributed by atoms with van der Waals surface area (Å²) < 4.78 is 6.51. The maximum atomic E-state index is 14.2. The zero-order valence-electron chi connectivity index (χ0n) is 23.2. The number of ether oxygens (including phenoxy) is 1. The minimum atomic E-state index is -1.11. The van der Waals surface area contributed by atoms with Crippen LogP contribution in [0.2, 0.25) is 0 Å². The number of allylic oxidation sites excluding steroid dienone is 1. The van der Waals surface area contributed by atoms with Gasteiger partial charge in [-0.3, -0.25) is 14.4 Å². The molecule has 7 nitrogen and oxygen atoms in total. The molecular formula is C32H41N3O4. The monoisotopic (exact) mass is 531 g/mol. The first-order valence-electron chi connectivity index (χ1n) is 14.9. The molecule has 1 spiro atoms. The quantitative estimate of drug-likeness (QED) is 0.501. The number of anilines is 1. The van der Waals surface area contributed by atoms with E-state index >= 15 is 0 Å². The fourth-order valence-corrected chi connectivity index (χ4v) is 7.64. The zero-order valence-corrected chi connectivity index (χ0v) is 23.2. The molecule has 208 valence electrons. The third-order valence-corrected chi connectivity index (χ3v) is 9.71. The van der Waals surface area contributed by atoms with Crippen molar-refractivity contribution >= 4 is 23.4 Å². The first kappa shape index (κ1) is 26.3. The molecule has 2 N–H and O–H groups in total. The molecule has 1 saturated carbocycles. The molecule has 7 unspecified atom stereocenters.